The van der Waals surface area contributed by atoms with Gasteiger partial charge in [0.2, 0.25) is 0 Å². The fraction of sp³-hybridized carbons (Fsp3) is 0.400. The second-order valence-electron chi connectivity index (χ2n) is 4.08. The van der Waals surface area contributed by atoms with Crippen molar-refractivity contribution in [3.63, 3.8) is 0 Å². The van der Waals surface area contributed by atoms with Crippen molar-refractivity contribution < 1.29 is 4.48 Å². The Morgan fingerprint density at radius 1 is 1.25 bits per heavy atom. The maximum absolute atomic E-state index is 2.35. The van der Waals surface area contributed by atoms with E-state index in [1.807, 2.05) is 0 Å². The molecule has 2 heteroatoms. The molecule has 1 nitrogen and oxygen atoms in total. The molecule has 1 rings (SSSR count). The van der Waals surface area contributed by atoms with E-state index in [0.717, 1.165) is 11.0 Å². The second kappa shape index (κ2) is 3.75. The van der Waals surface area contributed by atoms with Crippen LogP contribution < -0.4 is 0 Å². The van der Waals surface area contributed by atoms with Crippen LogP contribution in [0.1, 0.15) is 5.56 Å². The second-order valence-corrected chi connectivity index (χ2v) is 5.32. The minimum Gasteiger partial charge on any atom is -0.327 e. The molecule has 0 aliphatic carbocycles. The molecule has 0 heterocycles. The van der Waals surface area contributed by atoms with Gasteiger partial charge in [-0.1, -0.05) is 12.1 Å². The van der Waals surface area contributed by atoms with Gasteiger partial charge in [0.15, 0.2) is 0 Å². The van der Waals surface area contributed by atoms with Gasteiger partial charge < -0.3 is 4.48 Å². The third kappa shape index (κ3) is 3.54. The zero-order valence-electron chi connectivity index (χ0n) is 7.84. The Morgan fingerprint density at radius 2 is 1.92 bits per heavy atom. The van der Waals surface area contributed by atoms with Crippen LogP contribution >= 0.6 is 22.6 Å². The molecule has 1 aromatic carbocycles. The van der Waals surface area contributed by atoms with Gasteiger partial charge in [-0.25, -0.2) is 0 Å². The number of nitrogens with zero attached hydrogens (tertiary/aromatic N) is 1. The predicted molar refractivity (Wildman–Crippen MR) is 60.9 cm³/mol. The Morgan fingerprint density at radius 3 is 2.42 bits per heavy atom. The van der Waals surface area contributed by atoms with Gasteiger partial charge in [0.1, 0.15) is 6.54 Å². The summed E-state index contributed by atoms with van der Waals surface area (Å²) < 4.78 is 2.30. The maximum atomic E-state index is 2.35. The molecule has 0 radical (unpaired) electrons. The Hall–Kier alpha value is -0.0900. The Labute approximate surface area is 88.1 Å². The van der Waals surface area contributed by atoms with Gasteiger partial charge in [0.05, 0.1) is 21.1 Å². The van der Waals surface area contributed by atoms with E-state index in [4.69, 9.17) is 0 Å². The summed E-state index contributed by atoms with van der Waals surface area (Å²) in [6.07, 6.45) is 0. The third-order valence-electron chi connectivity index (χ3n) is 1.55. The first-order valence-electron chi connectivity index (χ1n) is 4.02. The van der Waals surface area contributed by atoms with Crippen molar-refractivity contribution in [2.75, 3.05) is 21.1 Å². The van der Waals surface area contributed by atoms with Crippen LogP contribution in [0.2, 0.25) is 0 Å². The summed E-state index contributed by atoms with van der Waals surface area (Å²) in [6.45, 7) is 1.09. The lowest BCUT2D eigenvalue weighted by molar-refractivity contribution is -0.884. The Kier molecular flexibility index (Phi) is 3.12. The molecule has 0 bridgehead atoms. The highest BCUT2D eigenvalue weighted by Crippen LogP contribution is 2.11. The van der Waals surface area contributed by atoms with E-state index in [9.17, 15) is 0 Å². The standard InChI is InChI=1S/C10H15IN/c1-12(2,3)8-9-5-4-6-10(11)7-9/h4-7H,8H2,1-3H3/q+1. The molecular formula is C10H15IN+. The fourth-order valence-electron chi connectivity index (χ4n) is 1.18. The lowest BCUT2D eigenvalue weighted by Gasteiger charge is -2.23. The van der Waals surface area contributed by atoms with Crippen molar-refractivity contribution in [2.24, 2.45) is 0 Å². The van der Waals surface area contributed by atoms with Crippen LogP contribution in [-0.2, 0) is 6.54 Å². The van der Waals surface area contributed by atoms with Gasteiger partial charge in [-0.05, 0) is 34.7 Å². The first-order valence-corrected chi connectivity index (χ1v) is 5.10. The molecule has 0 saturated carbocycles. The van der Waals surface area contributed by atoms with Gasteiger partial charge in [-0.2, -0.15) is 0 Å². The average molecular weight is 276 g/mol. The molecule has 0 unspecified atom stereocenters. The highest BCUT2D eigenvalue weighted by Gasteiger charge is 2.07. The van der Waals surface area contributed by atoms with E-state index in [1.54, 1.807) is 0 Å². The summed E-state index contributed by atoms with van der Waals surface area (Å²) in [7, 11) is 6.62. The molecule has 0 aliphatic heterocycles. The molecule has 0 fully saturated rings. The lowest BCUT2D eigenvalue weighted by Crippen LogP contribution is -2.33. The third-order valence-corrected chi connectivity index (χ3v) is 2.22. The van der Waals surface area contributed by atoms with E-state index in [2.05, 4.69) is 68.0 Å². The first-order chi connectivity index (χ1) is 5.47. The van der Waals surface area contributed by atoms with Gasteiger partial charge >= 0.3 is 0 Å². The number of quaternary nitrogens is 1. The predicted octanol–water partition coefficient (Wildman–Crippen LogP) is 2.50. The van der Waals surface area contributed by atoms with Crippen molar-refractivity contribution in [3.8, 4) is 0 Å². The van der Waals surface area contributed by atoms with Crippen molar-refractivity contribution in [2.45, 2.75) is 6.54 Å². The monoisotopic (exact) mass is 276 g/mol. The molecule has 0 spiro atoms. The van der Waals surface area contributed by atoms with Crippen molar-refractivity contribution in [1.29, 1.82) is 0 Å². The number of halogens is 1. The minimum absolute atomic E-state index is 0.986. The zero-order chi connectivity index (χ0) is 9.19. The van der Waals surface area contributed by atoms with Gasteiger partial charge in [-0.15, -0.1) is 0 Å². The summed E-state index contributed by atoms with van der Waals surface area (Å²) in [5.74, 6) is 0. The maximum Gasteiger partial charge on any atom is 0.104 e. The van der Waals surface area contributed by atoms with E-state index >= 15 is 0 Å². The van der Waals surface area contributed by atoms with Crippen molar-refractivity contribution in [1.82, 2.24) is 0 Å². The van der Waals surface area contributed by atoms with Gasteiger partial charge in [-0.3, -0.25) is 0 Å². The van der Waals surface area contributed by atoms with Crippen LogP contribution in [0.5, 0.6) is 0 Å². The largest absolute Gasteiger partial charge is 0.327 e. The van der Waals surface area contributed by atoms with Crippen LogP contribution in [0, 0.1) is 3.57 Å². The van der Waals surface area contributed by atoms with E-state index in [-0.39, 0.29) is 0 Å². The first kappa shape index (κ1) is 9.99. The molecule has 0 saturated heterocycles. The topological polar surface area (TPSA) is 0 Å². The number of hydrogen-bond acceptors (Lipinski definition) is 0. The average Bonchev–Trinajstić information content (AvgIpc) is 1.82. The van der Waals surface area contributed by atoms with E-state index in [1.165, 1.54) is 9.13 Å². The number of rotatable bonds is 2. The molecule has 66 valence electrons. The molecular weight excluding hydrogens is 261 g/mol. The summed E-state index contributed by atoms with van der Waals surface area (Å²) in [6, 6.07) is 8.67. The zero-order valence-corrected chi connectivity index (χ0v) is 10.00. The number of hydrogen-bond donors (Lipinski definition) is 0. The molecule has 0 N–H and O–H groups in total. The van der Waals surface area contributed by atoms with Crippen LogP contribution in [0.3, 0.4) is 0 Å². The van der Waals surface area contributed by atoms with Crippen LogP contribution in [0.15, 0.2) is 24.3 Å². The SMILES string of the molecule is C[N+](C)(C)Cc1cccc(I)c1. The number of benzene rings is 1. The van der Waals surface area contributed by atoms with Crippen molar-refractivity contribution >= 4 is 22.6 Å². The summed E-state index contributed by atoms with van der Waals surface area (Å²) in [5, 5.41) is 0. The summed E-state index contributed by atoms with van der Waals surface area (Å²) in [4.78, 5) is 0. The van der Waals surface area contributed by atoms with Crippen LogP contribution in [-0.4, -0.2) is 25.6 Å². The summed E-state index contributed by atoms with van der Waals surface area (Å²) >= 11 is 2.35. The van der Waals surface area contributed by atoms with Gasteiger partial charge in [0.25, 0.3) is 0 Å². The molecule has 12 heavy (non-hydrogen) atoms. The smallest absolute Gasteiger partial charge is 0.104 e. The molecule has 1 aromatic rings. The highest BCUT2D eigenvalue weighted by molar-refractivity contribution is 14.1. The normalized spacial score (nSPS) is 11.7. The molecule has 0 aliphatic rings. The van der Waals surface area contributed by atoms with Crippen molar-refractivity contribution in [3.05, 3.63) is 33.4 Å². The quantitative estimate of drug-likeness (QED) is 0.575. The molecule has 0 amide bonds. The van der Waals surface area contributed by atoms with Gasteiger partial charge in [0, 0.05) is 9.13 Å². The lowest BCUT2D eigenvalue weighted by atomic mass is 10.2. The van der Waals surface area contributed by atoms with Crippen LogP contribution in [0.4, 0.5) is 0 Å². The van der Waals surface area contributed by atoms with E-state index < -0.39 is 0 Å². The molecule has 0 atom stereocenters. The minimum atomic E-state index is 0.986. The Balaban J connectivity index is 2.77. The highest BCUT2D eigenvalue weighted by atomic mass is 127. The fourth-order valence-corrected chi connectivity index (χ4v) is 1.79. The van der Waals surface area contributed by atoms with Crippen LogP contribution in [0.25, 0.3) is 0 Å². The summed E-state index contributed by atoms with van der Waals surface area (Å²) in [5.41, 5.74) is 1.41. The molecule has 0 aromatic heterocycles. The Bertz CT molecular complexity index is 263. The van der Waals surface area contributed by atoms with E-state index in [0.29, 0.717) is 0 Å².